The zero-order valence-electron chi connectivity index (χ0n) is 13.4. The molecule has 114 valence electrons. The average molecular weight is 296 g/mol. The summed E-state index contributed by atoms with van der Waals surface area (Å²) in [5.74, 6) is 0.929. The summed E-state index contributed by atoms with van der Waals surface area (Å²) in [5.41, 5.74) is 7.80. The van der Waals surface area contributed by atoms with Crippen LogP contribution in [0.4, 0.5) is 5.82 Å². The molecule has 5 heteroatoms. The molecule has 0 spiro atoms. The lowest BCUT2D eigenvalue weighted by Crippen LogP contribution is -2.25. The highest BCUT2D eigenvalue weighted by molar-refractivity contribution is 7.80. The highest BCUT2D eigenvalue weighted by atomic mass is 32.1. The van der Waals surface area contributed by atoms with Gasteiger partial charge in [-0.15, -0.1) is 0 Å². The van der Waals surface area contributed by atoms with Crippen LogP contribution in [-0.2, 0) is 7.05 Å². The van der Waals surface area contributed by atoms with Crippen LogP contribution in [0.1, 0.15) is 57.7 Å². The first-order valence-electron chi connectivity index (χ1n) is 7.35. The molecular weight excluding hydrogens is 268 g/mol. The van der Waals surface area contributed by atoms with E-state index in [1.165, 1.54) is 25.7 Å². The standard InChI is InChI=1S/C15H28N4S/c1-6-7-8-9-15(3,4)10-17-14-12(13(16)20)11(2)18-19(14)5/h17H,6-10H2,1-5H3,(H2,16,20). The third-order valence-corrected chi connectivity index (χ3v) is 3.86. The monoisotopic (exact) mass is 296 g/mol. The normalized spacial score (nSPS) is 11.7. The molecule has 1 aromatic rings. The van der Waals surface area contributed by atoms with Gasteiger partial charge in [0, 0.05) is 13.6 Å². The van der Waals surface area contributed by atoms with Gasteiger partial charge in [0.2, 0.25) is 0 Å². The summed E-state index contributed by atoms with van der Waals surface area (Å²) in [7, 11) is 1.92. The highest BCUT2D eigenvalue weighted by Gasteiger charge is 2.20. The molecule has 0 radical (unpaired) electrons. The summed E-state index contributed by atoms with van der Waals surface area (Å²) in [6, 6.07) is 0. The molecular formula is C15H28N4S. The minimum atomic E-state index is 0.251. The lowest BCUT2D eigenvalue weighted by Gasteiger charge is -2.25. The van der Waals surface area contributed by atoms with E-state index >= 15 is 0 Å². The van der Waals surface area contributed by atoms with Crippen molar-refractivity contribution in [3.63, 3.8) is 0 Å². The number of rotatable bonds is 8. The SMILES string of the molecule is CCCCCC(C)(C)CNc1c(C(N)=S)c(C)nn1C. The van der Waals surface area contributed by atoms with Crippen LogP contribution in [0.25, 0.3) is 0 Å². The van der Waals surface area contributed by atoms with Gasteiger partial charge in [0.05, 0.1) is 11.3 Å². The van der Waals surface area contributed by atoms with Crippen molar-refractivity contribution in [2.45, 2.75) is 53.4 Å². The lowest BCUT2D eigenvalue weighted by atomic mass is 9.87. The van der Waals surface area contributed by atoms with E-state index in [1.807, 2.05) is 18.7 Å². The van der Waals surface area contributed by atoms with Crippen LogP contribution in [0, 0.1) is 12.3 Å². The summed E-state index contributed by atoms with van der Waals surface area (Å²) in [6.07, 6.45) is 5.05. The molecule has 0 saturated carbocycles. The molecule has 0 unspecified atom stereocenters. The number of aromatic nitrogens is 2. The number of hydrogen-bond donors (Lipinski definition) is 2. The summed E-state index contributed by atoms with van der Waals surface area (Å²) in [6.45, 7) is 9.65. The fraction of sp³-hybridized carbons (Fsp3) is 0.733. The highest BCUT2D eigenvalue weighted by Crippen LogP contribution is 2.26. The number of thiocarbonyl (C=S) groups is 1. The van der Waals surface area contributed by atoms with E-state index in [-0.39, 0.29) is 5.41 Å². The zero-order valence-corrected chi connectivity index (χ0v) is 14.2. The quantitative estimate of drug-likeness (QED) is 0.570. The van der Waals surface area contributed by atoms with Gasteiger partial charge in [-0.3, -0.25) is 4.68 Å². The van der Waals surface area contributed by atoms with Crippen molar-refractivity contribution in [3.8, 4) is 0 Å². The van der Waals surface area contributed by atoms with Gasteiger partial charge in [0.15, 0.2) is 0 Å². The van der Waals surface area contributed by atoms with Crippen molar-refractivity contribution in [2.24, 2.45) is 18.2 Å². The van der Waals surface area contributed by atoms with Crippen LogP contribution < -0.4 is 11.1 Å². The number of nitrogens with zero attached hydrogens (tertiary/aromatic N) is 2. The van der Waals surface area contributed by atoms with Crippen molar-refractivity contribution in [1.29, 1.82) is 0 Å². The van der Waals surface area contributed by atoms with Gasteiger partial charge < -0.3 is 11.1 Å². The van der Waals surface area contributed by atoms with E-state index in [1.54, 1.807) is 0 Å². The van der Waals surface area contributed by atoms with Crippen molar-refractivity contribution < 1.29 is 0 Å². The molecule has 0 aromatic carbocycles. The number of hydrogen-bond acceptors (Lipinski definition) is 3. The van der Waals surface area contributed by atoms with Gasteiger partial charge >= 0.3 is 0 Å². The van der Waals surface area contributed by atoms with Crippen LogP contribution in [0.2, 0.25) is 0 Å². The summed E-state index contributed by atoms with van der Waals surface area (Å²) in [4.78, 5) is 0.405. The lowest BCUT2D eigenvalue weighted by molar-refractivity contribution is 0.342. The Balaban J connectivity index is 2.72. The van der Waals surface area contributed by atoms with Crippen LogP contribution in [0.15, 0.2) is 0 Å². The van der Waals surface area contributed by atoms with E-state index in [0.717, 1.165) is 23.6 Å². The molecule has 1 aromatic heterocycles. The molecule has 0 atom stereocenters. The second-order valence-corrected chi connectivity index (χ2v) is 6.71. The molecule has 0 aliphatic carbocycles. The predicted octanol–water partition coefficient (Wildman–Crippen LogP) is 3.38. The van der Waals surface area contributed by atoms with Crippen molar-refractivity contribution in [1.82, 2.24) is 9.78 Å². The largest absolute Gasteiger partial charge is 0.389 e. The number of aryl methyl sites for hydroxylation is 2. The minimum Gasteiger partial charge on any atom is -0.389 e. The minimum absolute atomic E-state index is 0.251. The van der Waals surface area contributed by atoms with Gasteiger partial charge in [0.1, 0.15) is 10.8 Å². The van der Waals surface area contributed by atoms with Crippen molar-refractivity contribution in [2.75, 3.05) is 11.9 Å². The third-order valence-electron chi connectivity index (χ3n) is 3.66. The van der Waals surface area contributed by atoms with Gasteiger partial charge in [-0.25, -0.2) is 0 Å². The van der Waals surface area contributed by atoms with E-state index in [2.05, 4.69) is 31.2 Å². The van der Waals surface area contributed by atoms with Gasteiger partial charge in [0.25, 0.3) is 0 Å². The van der Waals surface area contributed by atoms with Crippen LogP contribution in [0.3, 0.4) is 0 Å². The maximum absolute atomic E-state index is 5.80. The van der Waals surface area contributed by atoms with E-state index < -0.39 is 0 Å². The zero-order chi connectivity index (χ0) is 15.3. The molecule has 0 aliphatic heterocycles. The van der Waals surface area contributed by atoms with Crippen LogP contribution in [-0.4, -0.2) is 21.3 Å². The molecule has 20 heavy (non-hydrogen) atoms. The first-order valence-corrected chi connectivity index (χ1v) is 7.76. The molecule has 3 N–H and O–H groups in total. The smallest absolute Gasteiger partial charge is 0.134 e. The van der Waals surface area contributed by atoms with Crippen molar-refractivity contribution >= 4 is 23.0 Å². The fourth-order valence-electron chi connectivity index (χ4n) is 2.42. The predicted molar refractivity (Wildman–Crippen MR) is 90.2 cm³/mol. The molecule has 1 rings (SSSR count). The van der Waals surface area contributed by atoms with Crippen LogP contribution in [0.5, 0.6) is 0 Å². The maximum Gasteiger partial charge on any atom is 0.134 e. The first-order chi connectivity index (χ1) is 9.28. The Bertz CT molecular complexity index is 463. The molecule has 0 fully saturated rings. The van der Waals surface area contributed by atoms with Gasteiger partial charge in [-0.2, -0.15) is 5.10 Å². The number of anilines is 1. The molecule has 0 bridgehead atoms. The Morgan fingerprint density at radius 2 is 2.05 bits per heavy atom. The Morgan fingerprint density at radius 3 is 2.60 bits per heavy atom. The number of nitrogens with two attached hydrogens (primary N) is 1. The third kappa shape index (κ3) is 4.47. The van der Waals surface area contributed by atoms with E-state index in [4.69, 9.17) is 18.0 Å². The second kappa shape index (κ2) is 7.07. The van der Waals surface area contributed by atoms with E-state index in [0.29, 0.717) is 4.99 Å². The van der Waals surface area contributed by atoms with Gasteiger partial charge in [-0.1, -0.05) is 52.3 Å². The Morgan fingerprint density at radius 1 is 1.40 bits per heavy atom. The Labute approximate surface area is 128 Å². The summed E-state index contributed by atoms with van der Waals surface area (Å²) in [5, 5.41) is 7.88. The summed E-state index contributed by atoms with van der Waals surface area (Å²) < 4.78 is 1.83. The number of nitrogens with one attached hydrogen (secondary N) is 1. The topological polar surface area (TPSA) is 55.9 Å². The van der Waals surface area contributed by atoms with Crippen molar-refractivity contribution in [3.05, 3.63) is 11.3 Å². The van der Waals surface area contributed by atoms with Crippen LogP contribution >= 0.6 is 12.2 Å². The molecule has 0 aliphatic rings. The maximum atomic E-state index is 5.80. The Kier molecular flexibility index (Phi) is 5.99. The Hall–Kier alpha value is -1.10. The molecule has 4 nitrogen and oxygen atoms in total. The molecule has 0 saturated heterocycles. The second-order valence-electron chi connectivity index (χ2n) is 6.27. The van der Waals surface area contributed by atoms with E-state index in [9.17, 15) is 0 Å². The average Bonchev–Trinajstić information content (AvgIpc) is 2.61. The number of unbranched alkanes of at least 4 members (excludes halogenated alkanes) is 2. The molecule has 1 heterocycles. The molecule has 0 amide bonds. The first kappa shape index (κ1) is 17.0. The fourth-order valence-corrected chi connectivity index (χ4v) is 2.67. The summed E-state index contributed by atoms with van der Waals surface area (Å²) >= 11 is 5.13. The van der Waals surface area contributed by atoms with Gasteiger partial charge in [-0.05, 0) is 18.8 Å².